The first-order valence-electron chi connectivity index (χ1n) is 5.34. The fourth-order valence-electron chi connectivity index (χ4n) is 1.36. The molecule has 0 unspecified atom stereocenters. The Morgan fingerprint density at radius 3 is 2.74 bits per heavy atom. The summed E-state index contributed by atoms with van der Waals surface area (Å²) >= 11 is 0. The van der Waals surface area contributed by atoms with Crippen molar-refractivity contribution in [2.45, 2.75) is 0 Å². The number of nitro groups is 1. The van der Waals surface area contributed by atoms with Gasteiger partial charge in [0.2, 0.25) is 5.82 Å². The number of phenolic OH excluding ortho intramolecular Hbond substituents is 1. The number of benzene rings is 1. The molecule has 2 N–H and O–H groups in total. The van der Waals surface area contributed by atoms with E-state index >= 15 is 0 Å². The maximum atomic E-state index is 10.7. The second-order valence-corrected chi connectivity index (χ2v) is 3.59. The van der Waals surface area contributed by atoms with E-state index in [2.05, 4.69) is 15.5 Å². The van der Waals surface area contributed by atoms with E-state index in [-0.39, 0.29) is 17.3 Å². The zero-order chi connectivity index (χ0) is 13.7. The second-order valence-electron chi connectivity index (χ2n) is 3.59. The number of hydrogen-bond acceptors (Lipinski definition) is 6. The zero-order valence-electron chi connectivity index (χ0n) is 9.72. The number of nitrogens with one attached hydrogen (secondary N) is 1. The molecule has 0 fully saturated rings. The molecule has 1 heterocycles. The fraction of sp³-hybridized carbons (Fsp3) is 0. The largest absolute Gasteiger partial charge is 0.508 e. The van der Waals surface area contributed by atoms with Crippen molar-refractivity contribution in [3.8, 4) is 5.75 Å². The van der Waals surface area contributed by atoms with Crippen LogP contribution in [0.25, 0.3) is 0 Å². The third-order valence-electron chi connectivity index (χ3n) is 2.26. The molecule has 19 heavy (non-hydrogen) atoms. The van der Waals surface area contributed by atoms with Crippen molar-refractivity contribution >= 4 is 17.7 Å². The van der Waals surface area contributed by atoms with Crippen LogP contribution in [-0.2, 0) is 0 Å². The molecule has 1 aromatic heterocycles. The summed E-state index contributed by atoms with van der Waals surface area (Å²) in [6.07, 6.45) is 2.91. The van der Waals surface area contributed by atoms with Gasteiger partial charge in [0.05, 0.1) is 11.1 Å². The van der Waals surface area contributed by atoms with Gasteiger partial charge in [-0.25, -0.2) is 4.98 Å². The first kappa shape index (κ1) is 12.5. The van der Waals surface area contributed by atoms with Crippen molar-refractivity contribution < 1.29 is 10.0 Å². The van der Waals surface area contributed by atoms with Crippen LogP contribution in [-0.4, -0.2) is 21.2 Å². The lowest BCUT2D eigenvalue weighted by molar-refractivity contribution is -0.384. The highest BCUT2D eigenvalue weighted by molar-refractivity contribution is 5.80. The van der Waals surface area contributed by atoms with E-state index in [1.807, 2.05) is 0 Å². The van der Waals surface area contributed by atoms with Gasteiger partial charge in [0, 0.05) is 12.3 Å². The van der Waals surface area contributed by atoms with Gasteiger partial charge in [-0.2, -0.15) is 5.10 Å². The minimum Gasteiger partial charge on any atom is -0.508 e. The Morgan fingerprint density at radius 1 is 1.32 bits per heavy atom. The Morgan fingerprint density at radius 2 is 2.05 bits per heavy atom. The summed E-state index contributed by atoms with van der Waals surface area (Å²) in [5.41, 5.74) is 3.10. The van der Waals surface area contributed by atoms with E-state index in [9.17, 15) is 10.1 Å². The normalized spacial score (nSPS) is 10.5. The first-order chi connectivity index (χ1) is 9.16. The minimum absolute atomic E-state index is 0.0718. The highest BCUT2D eigenvalue weighted by atomic mass is 16.6. The fourth-order valence-corrected chi connectivity index (χ4v) is 1.36. The van der Waals surface area contributed by atoms with E-state index in [4.69, 9.17) is 5.11 Å². The number of phenols is 1. The van der Waals surface area contributed by atoms with Crippen LogP contribution in [0.2, 0.25) is 0 Å². The predicted octanol–water partition coefficient (Wildman–Crippen LogP) is 2.14. The summed E-state index contributed by atoms with van der Waals surface area (Å²) < 4.78 is 0. The summed E-state index contributed by atoms with van der Waals surface area (Å²) in [4.78, 5) is 14.0. The molecular formula is C12H10N4O3. The molecule has 0 saturated carbocycles. The molecule has 96 valence electrons. The first-order valence-corrected chi connectivity index (χ1v) is 5.34. The summed E-state index contributed by atoms with van der Waals surface area (Å²) in [5, 5.41) is 23.7. The highest BCUT2D eigenvalue weighted by Crippen LogP contribution is 2.19. The van der Waals surface area contributed by atoms with Gasteiger partial charge in [-0.05, 0) is 35.9 Å². The van der Waals surface area contributed by atoms with Crippen molar-refractivity contribution in [2.75, 3.05) is 5.43 Å². The lowest BCUT2D eigenvalue weighted by Crippen LogP contribution is -1.98. The van der Waals surface area contributed by atoms with Crippen molar-refractivity contribution in [2.24, 2.45) is 5.10 Å². The van der Waals surface area contributed by atoms with E-state index in [0.717, 1.165) is 5.56 Å². The summed E-state index contributed by atoms with van der Waals surface area (Å²) in [5.74, 6) is 0.230. The number of rotatable bonds is 4. The third kappa shape index (κ3) is 3.25. The quantitative estimate of drug-likeness (QED) is 0.497. The molecule has 0 radical (unpaired) electrons. The number of hydrazone groups is 1. The van der Waals surface area contributed by atoms with E-state index in [0.29, 0.717) is 0 Å². The Kier molecular flexibility index (Phi) is 3.67. The maximum absolute atomic E-state index is 10.7. The molecule has 7 nitrogen and oxygen atoms in total. The molecule has 2 rings (SSSR count). The molecule has 0 amide bonds. The number of nitrogens with zero attached hydrogens (tertiary/aromatic N) is 3. The Labute approximate surface area is 108 Å². The van der Waals surface area contributed by atoms with E-state index in [1.54, 1.807) is 12.1 Å². The number of aromatic nitrogens is 1. The van der Waals surface area contributed by atoms with Crippen molar-refractivity contribution in [1.82, 2.24) is 4.98 Å². The van der Waals surface area contributed by atoms with Crippen LogP contribution in [0, 0.1) is 10.1 Å². The Balaban J connectivity index is 2.10. The van der Waals surface area contributed by atoms with Crippen molar-refractivity contribution in [3.05, 3.63) is 58.3 Å². The lowest BCUT2D eigenvalue weighted by Gasteiger charge is -1.99. The monoisotopic (exact) mass is 258 g/mol. The second kappa shape index (κ2) is 5.58. The van der Waals surface area contributed by atoms with Crippen LogP contribution in [0.3, 0.4) is 0 Å². The van der Waals surface area contributed by atoms with Gasteiger partial charge >= 0.3 is 5.69 Å². The Hall–Kier alpha value is -2.96. The van der Waals surface area contributed by atoms with Gasteiger partial charge in [0.25, 0.3) is 0 Å². The van der Waals surface area contributed by atoms with Crippen LogP contribution in [0.5, 0.6) is 5.75 Å². The van der Waals surface area contributed by atoms with Crippen LogP contribution >= 0.6 is 0 Å². The van der Waals surface area contributed by atoms with Crippen molar-refractivity contribution in [1.29, 1.82) is 0 Å². The molecule has 0 aliphatic carbocycles. The molecule has 0 atom stereocenters. The standard InChI is InChI=1S/C12H10N4O3/c17-10-5-3-9(4-6-10)8-14-15-12-11(16(18)19)2-1-7-13-12/h1-8,17H,(H,13,15)/b14-8+. The van der Waals surface area contributed by atoms with E-state index in [1.165, 1.54) is 36.7 Å². The average molecular weight is 258 g/mol. The SMILES string of the molecule is O=[N+]([O-])c1cccnc1N/N=C/c1ccc(O)cc1. The van der Waals surface area contributed by atoms with Gasteiger partial charge in [-0.1, -0.05) is 0 Å². The van der Waals surface area contributed by atoms with Gasteiger partial charge in [0.1, 0.15) is 5.75 Å². The van der Waals surface area contributed by atoms with Gasteiger partial charge in [-0.3, -0.25) is 15.5 Å². The molecular weight excluding hydrogens is 248 g/mol. The van der Waals surface area contributed by atoms with Crippen molar-refractivity contribution in [3.63, 3.8) is 0 Å². The third-order valence-corrected chi connectivity index (χ3v) is 2.26. The summed E-state index contributed by atoms with van der Waals surface area (Å²) in [6, 6.07) is 9.17. The van der Waals surface area contributed by atoms with Crippen LogP contribution in [0.1, 0.15) is 5.56 Å². The number of hydrogen-bond donors (Lipinski definition) is 2. The van der Waals surface area contributed by atoms with Crippen LogP contribution < -0.4 is 5.43 Å². The molecule has 0 spiro atoms. The number of anilines is 1. The molecule has 0 aliphatic heterocycles. The summed E-state index contributed by atoms with van der Waals surface area (Å²) in [6.45, 7) is 0. The Bertz CT molecular complexity index is 611. The predicted molar refractivity (Wildman–Crippen MR) is 70.2 cm³/mol. The molecule has 0 aliphatic rings. The maximum Gasteiger partial charge on any atom is 0.313 e. The smallest absolute Gasteiger partial charge is 0.313 e. The minimum atomic E-state index is -0.536. The number of pyridine rings is 1. The summed E-state index contributed by atoms with van der Waals surface area (Å²) in [7, 11) is 0. The number of aromatic hydroxyl groups is 1. The molecule has 7 heteroatoms. The zero-order valence-corrected chi connectivity index (χ0v) is 9.72. The molecule has 0 bridgehead atoms. The average Bonchev–Trinajstić information content (AvgIpc) is 2.41. The van der Waals surface area contributed by atoms with E-state index < -0.39 is 4.92 Å². The highest BCUT2D eigenvalue weighted by Gasteiger charge is 2.12. The molecule has 0 saturated heterocycles. The van der Waals surface area contributed by atoms with Crippen LogP contribution in [0.15, 0.2) is 47.7 Å². The van der Waals surface area contributed by atoms with Gasteiger partial charge in [0.15, 0.2) is 0 Å². The van der Waals surface area contributed by atoms with Gasteiger partial charge in [-0.15, -0.1) is 0 Å². The molecule has 2 aromatic rings. The topological polar surface area (TPSA) is 101 Å². The van der Waals surface area contributed by atoms with Gasteiger partial charge < -0.3 is 5.11 Å². The molecule has 1 aromatic carbocycles. The van der Waals surface area contributed by atoms with Crippen LogP contribution in [0.4, 0.5) is 11.5 Å². The lowest BCUT2D eigenvalue weighted by atomic mass is 10.2.